The third-order valence-electron chi connectivity index (χ3n) is 4.73. The van der Waals surface area contributed by atoms with E-state index in [0.29, 0.717) is 32.1 Å². The van der Waals surface area contributed by atoms with E-state index >= 15 is 0 Å². The fourth-order valence-electron chi connectivity index (χ4n) is 3.29. The van der Waals surface area contributed by atoms with E-state index in [-0.39, 0.29) is 5.91 Å². The van der Waals surface area contributed by atoms with E-state index in [1.807, 2.05) is 41.3 Å². The molecular weight excluding hydrogens is 380 g/mol. The van der Waals surface area contributed by atoms with Crippen molar-refractivity contribution in [3.05, 3.63) is 65.3 Å². The molecule has 3 aromatic rings. The summed E-state index contributed by atoms with van der Waals surface area (Å²) in [4.78, 5) is 15.5. The molecule has 0 radical (unpaired) electrons. The molecule has 140 valence electrons. The fraction of sp³-hybridized carbons (Fsp3) is 0.286. The second-order valence-corrected chi connectivity index (χ2v) is 8.00. The number of thioether (sulfide) groups is 1. The minimum absolute atomic E-state index is 0.179. The van der Waals surface area contributed by atoms with Crippen molar-refractivity contribution in [1.29, 1.82) is 0 Å². The Kier molecular flexibility index (Phi) is 5.72. The number of para-hydroxylation sites is 1. The molecule has 1 aliphatic heterocycles. The van der Waals surface area contributed by atoms with E-state index in [9.17, 15) is 4.79 Å². The number of rotatable bonds is 5. The topological polar surface area (TPSA) is 34.5 Å². The minimum Gasteiger partial charge on any atom is -0.378 e. The highest BCUT2D eigenvalue weighted by atomic mass is 35.5. The molecule has 0 N–H and O–H groups in total. The highest BCUT2D eigenvalue weighted by Crippen LogP contribution is 2.31. The van der Waals surface area contributed by atoms with Gasteiger partial charge in [0.25, 0.3) is 0 Å². The smallest absolute Gasteiger partial charge is 0.233 e. The first-order valence-electron chi connectivity index (χ1n) is 9.01. The Morgan fingerprint density at radius 3 is 2.59 bits per heavy atom. The molecule has 0 spiro atoms. The quantitative estimate of drug-likeness (QED) is 0.599. The average molecular weight is 401 g/mol. The predicted octanol–water partition coefficient (Wildman–Crippen LogP) is 4.29. The molecule has 1 fully saturated rings. The molecule has 0 atom stereocenters. The number of fused-ring (bicyclic) bond motifs is 1. The molecule has 1 aromatic heterocycles. The Morgan fingerprint density at radius 1 is 1.07 bits per heavy atom. The summed E-state index contributed by atoms with van der Waals surface area (Å²) in [7, 11) is 0. The number of ether oxygens (including phenoxy) is 1. The number of morpholine rings is 1. The van der Waals surface area contributed by atoms with Crippen LogP contribution >= 0.6 is 23.4 Å². The van der Waals surface area contributed by atoms with Gasteiger partial charge in [-0.3, -0.25) is 4.79 Å². The summed E-state index contributed by atoms with van der Waals surface area (Å²) in [6.45, 7) is 3.43. The van der Waals surface area contributed by atoms with Crippen LogP contribution < -0.4 is 0 Å². The van der Waals surface area contributed by atoms with Crippen LogP contribution in [0.4, 0.5) is 0 Å². The monoisotopic (exact) mass is 400 g/mol. The number of carbonyl (C=O) groups excluding carboxylic acids is 1. The van der Waals surface area contributed by atoms with Gasteiger partial charge in [0.2, 0.25) is 5.91 Å². The van der Waals surface area contributed by atoms with Crippen molar-refractivity contribution in [2.45, 2.75) is 11.4 Å². The largest absolute Gasteiger partial charge is 0.378 e. The Labute approximate surface area is 168 Å². The number of hydrogen-bond acceptors (Lipinski definition) is 3. The highest BCUT2D eigenvalue weighted by molar-refractivity contribution is 8.00. The van der Waals surface area contributed by atoms with Gasteiger partial charge in [-0.25, -0.2) is 0 Å². The SMILES string of the molecule is O=C(CSc1cn(Cc2ccc(Cl)cc2)c2ccccc12)N1CCOCC1. The Hall–Kier alpha value is -1.95. The van der Waals surface area contributed by atoms with Crippen molar-refractivity contribution in [3.8, 4) is 0 Å². The normalized spacial score (nSPS) is 14.6. The van der Waals surface area contributed by atoms with Crippen LogP contribution in [0.5, 0.6) is 0 Å². The first-order chi connectivity index (χ1) is 13.2. The van der Waals surface area contributed by atoms with Crippen molar-refractivity contribution >= 4 is 40.2 Å². The number of halogens is 1. The van der Waals surface area contributed by atoms with Crippen LogP contribution in [0.25, 0.3) is 10.9 Å². The van der Waals surface area contributed by atoms with Gasteiger partial charge in [0.05, 0.1) is 19.0 Å². The summed E-state index contributed by atoms with van der Waals surface area (Å²) < 4.78 is 7.56. The molecule has 1 amide bonds. The van der Waals surface area contributed by atoms with Crippen molar-refractivity contribution in [3.63, 3.8) is 0 Å². The molecule has 0 unspecified atom stereocenters. The first-order valence-corrected chi connectivity index (χ1v) is 10.4. The van der Waals surface area contributed by atoms with Gasteiger partial charge in [0.1, 0.15) is 0 Å². The number of benzene rings is 2. The molecule has 4 rings (SSSR count). The molecule has 0 bridgehead atoms. The highest BCUT2D eigenvalue weighted by Gasteiger charge is 2.18. The number of carbonyl (C=O) groups is 1. The van der Waals surface area contributed by atoms with Gasteiger partial charge in [-0.15, -0.1) is 11.8 Å². The van der Waals surface area contributed by atoms with Gasteiger partial charge in [-0.2, -0.15) is 0 Å². The Balaban J connectivity index is 1.52. The van der Waals surface area contributed by atoms with E-state index in [0.717, 1.165) is 16.5 Å². The molecule has 0 aliphatic carbocycles. The van der Waals surface area contributed by atoms with Crippen molar-refractivity contribution in [1.82, 2.24) is 9.47 Å². The van der Waals surface area contributed by atoms with E-state index in [2.05, 4.69) is 22.9 Å². The van der Waals surface area contributed by atoms with Gasteiger partial charge < -0.3 is 14.2 Å². The average Bonchev–Trinajstić information content (AvgIpc) is 3.06. The van der Waals surface area contributed by atoms with Crippen LogP contribution in [0.2, 0.25) is 5.02 Å². The zero-order chi connectivity index (χ0) is 18.6. The maximum atomic E-state index is 12.5. The molecular formula is C21H21ClN2O2S. The van der Waals surface area contributed by atoms with E-state index in [1.165, 1.54) is 16.5 Å². The lowest BCUT2D eigenvalue weighted by molar-refractivity contribution is -0.132. The second kappa shape index (κ2) is 8.38. The third-order valence-corrected chi connectivity index (χ3v) is 6.01. The summed E-state index contributed by atoms with van der Waals surface area (Å²) in [5.74, 6) is 0.632. The molecule has 0 saturated carbocycles. The van der Waals surface area contributed by atoms with E-state index in [4.69, 9.17) is 16.3 Å². The van der Waals surface area contributed by atoms with Crippen LogP contribution in [-0.4, -0.2) is 47.4 Å². The lowest BCUT2D eigenvalue weighted by atomic mass is 10.2. The summed E-state index contributed by atoms with van der Waals surface area (Å²) in [6.07, 6.45) is 2.15. The van der Waals surface area contributed by atoms with Crippen LogP contribution in [0, 0.1) is 0 Å². The molecule has 4 nitrogen and oxygen atoms in total. The van der Waals surface area contributed by atoms with Crippen LogP contribution in [0.3, 0.4) is 0 Å². The fourth-order valence-corrected chi connectivity index (χ4v) is 4.41. The zero-order valence-corrected chi connectivity index (χ0v) is 16.5. The van der Waals surface area contributed by atoms with Crippen molar-refractivity contribution in [2.75, 3.05) is 32.1 Å². The molecule has 6 heteroatoms. The Bertz CT molecular complexity index is 933. The molecule has 27 heavy (non-hydrogen) atoms. The number of hydrogen-bond donors (Lipinski definition) is 0. The molecule has 2 heterocycles. The van der Waals surface area contributed by atoms with E-state index < -0.39 is 0 Å². The third kappa shape index (κ3) is 4.32. The van der Waals surface area contributed by atoms with Gasteiger partial charge in [0.15, 0.2) is 0 Å². The Morgan fingerprint density at radius 2 is 1.81 bits per heavy atom. The van der Waals surface area contributed by atoms with E-state index in [1.54, 1.807) is 11.8 Å². The number of amides is 1. The predicted molar refractivity (Wildman–Crippen MR) is 111 cm³/mol. The number of nitrogens with zero attached hydrogens (tertiary/aromatic N) is 2. The standard InChI is InChI=1S/C21H21ClN2O2S/c22-17-7-5-16(6-8-17)13-24-14-20(18-3-1-2-4-19(18)24)27-15-21(25)23-9-11-26-12-10-23/h1-8,14H,9-13,15H2. The van der Waals surface area contributed by atoms with Gasteiger partial charge in [-0.1, -0.05) is 41.9 Å². The maximum Gasteiger partial charge on any atom is 0.233 e. The van der Waals surface area contributed by atoms with Gasteiger partial charge in [-0.05, 0) is 23.8 Å². The minimum atomic E-state index is 0.179. The zero-order valence-electron chi connectivity index (χ0n) is 14.9. The lowest BCUT2D eigenvalue weighted by Gasteiger charge is -2.26. The van der Waals surface area contributed by atoms with Gasteiger partial charge >= 0.3 is 0 Å². The second-order valence-electron chi connectivity index (χ2n) is 6.55. The van der Waals surface area contributed by atoms with Crippen LogP contribution in [-0.2, 0) is 16.1 Å². The summed E-state index contributed by atoms with van der Waals surface area (Å²) >= 11 is 7.61. The molecule has 2 aromatic carbocycles. The summed E-state index contributed by atoms with van der Waals surface area (Å²) in [5.41, 5.74) is 2.37. The maximum absolute atomic E-state index is 12.5. The molecule has 1 aliphatic rings. The summed E-state index contributed by atoms with van der Waals surface area (Å²) in [6, 6.07) is 16.3. The lowest BCUT2D eigenvalue weighted by Crippen LogP contribution is -2.41. The summed E-state index contributed by atoms with van der Waals surface area (Å²) in [5, 5.41) is 1.93. The van der Waals surface area contributed by atoms with Crippen molar-refractivity contribution < 1.29 is 9.53 Å². The van der Waals surface area contributed by atoms with Crippen LogP contribution in [0.15, 0.2) is 59.6 Å². The number of aromatic nitrogens is 1. The van der Waals surface area contributed by atoms with Crippen LogP contribution in [0.1, 0.15) is 5.56 Å². The molecule has 1 saturated heterocycles. The van der Waals surface area contributed by atoms with Gasteiger partial charge in [0, 0.05) is 46.7 Å². The van der Waals surface area contributed by atoms with Crippen molar-refractivity contribution in [2.24, 2.45) is 0 Å². The first kappa shape index (κ1) is 18.4.